The fourth-order valence-corrected chi connectivity index (χ4v) is 3.87. The fourth-order valence-electron chi connectivity index (χ4n) is 3.87. The third kappa shape index (κ3) is 5.56. The number of aliphatic hydroxyl groups is 2. The van der Waals surface area contributed by atoms with Crippen LogP contribution in [0.3, 0.4) is 0 Å². The summed E-state index contributed by atoms with van der Waals surface area (Å²) in [6, 6.07) is 10.2. The minimum atomic E-state index is -1.40. The average Bonchev–Trinajstić information content (AvgIpc) is 2.75. The lowest BCUT2D eigenvalue weighted by Gasteiger charge is -2.46. The molecular weight excluding hydrogens is 433 g/mol. The summed E-state index contributed by atoms with van der Waals surface area (Å²) in [6.45, 7) is 4.49. The van der Waals surface area contributed by atoms with Crippen LogP contribution < -0.4 is 10.1 Å². The Morgan fingerprint density at radius 2 is 1.88 bits per heavy atom. The maximum Gasteiger partial charge on any atom is 0.229 e. The number of methoxy groups -OCH3 is 1. The maximum absolute atomic E-state index is 13.9. The predicted octanol–water partition coefficient (Wildman–Crippen LogP) is 2.06. The molecule has 1 fully saturated rings. The molecule has 1 saturated heterocycles. The number of nitrogens with one attached hydrogen (secondary N) is 1. The monoisotopic (exact) mass is 461 g/mol. The van der Waals surface area contributed by atoms with E-state index in [1.807, 2.05) is 0 Å². The normalized spacial score (nSPS) is 24.2. The van der Waals surface area contributed by atoms with Crippen molar-refractivity contribution in [2.24, 2.45) is 0 Å². The van der Waals surface area contributed by atoms with Crippen LogP contribution in [0.25, 0.3) is 11.1 Å². The molecule has 33 heavy (non-hydrogen) atoms. The number of hydrogen-bond acceptors (Lipinski definition) is 7. The van der Waals surface area contributed by atoms with E-state index in [0.29, 0.717) is 11.1 Å². The second kappa shape index (κ2) is 9.96. The van der Waals surface area contributed by atoms with Crippen LogP contribution in [-0.2, 0) is 14.3 Å². The Hall–Kier alpha value is -2.85. The number of amides is 1. The van der Waals surface area contributed by atoms with Crippen molar-refractivity contribution in [3.8, 4) is 16.9 Å². The van der Waals surface area contributed by atoms with Crippen LogP contribution in [-0.4, -0.2) is 65.8 Å². The highest BCUT2D eigenvalue weighted by atomic mass is 19.1. The molecule has 0 saturated carbocycles. The summed E-state index contributed by atoms with van der Waals surface area (Å²) in [5.74, 6) is -0.979. The Morgan fingerprint density at radius 3 is 2.52 bits per heavy atom. The molecule has 2 aromatic carbocycles. The van der Waals surface area contributed by atoms with E-state index < -0.39 is 36.0 Å². The molecule has 0 radical (unpaired) electrons. The van der Waals surface area contributed by atoms with Crippen molar-refractivity contribution < 1.29 is 38.4 Å². The summed E-state index contributed by atoms with van der Waals surface area (Å²) >= 11 is 0. The van der Waals surface area contributed by atoms with Gasteiger partial charge in [0.15, 0.2) is 5.78 Å². The number of benzene rings is 2. The smallest absolute Gasteiger partial charge is 0.229 e. The van der Waals surface area contributed by atoms with Crippen LogP contribution in [0.2, 0.25) is 0 Å². The number of ether oxygens (including phenoxy) is 3. The summed E-state index contributed by atoms with van der Waals surface area (Å²) in [6.07, 6.45) is -4.65. The third-order valence-corrected chi connectivity index (χ3v) is 5.48. The first-order valence-electron chi connectivity index (χ1n) is 10.4. The summed E-state index contributed by atoms with van der Waals surface area (Å²) in [5, 5.41) is 23.4. The zero-order valence-electron chi connectivity index (χ0n) is 18.9. The summed E-state index contributed by atoms with van der Waals surface area (Å²) in [4.78, 5) is 23.9. The van der Waals surface area contributed by atoms with Crippen LogP contribution in [0.15, 0.2) is 42.5 Å². The molecule has 1 heterocycles. The van der Waals surface area contributed by atoms with Crippen molar-refractivity contribution in [3.63, 3.8) is 0 Å². The zero-order valence-corrected chi connectivity index (χ0v) is 18.9. The van der Waals surface area contributed by atoms with Crippen LogP contribution >= 0.6 is 0 Å². The first-order chi connectivity index (χ1) is 15.5. The topological polar surface area (TPSA) is 114 Å². The summed E-state index contributed by atoms with van der Waals surface area (Å²) in [5.41, 5.74) is 0.1000. The van der Waals surface area contributed by atoms with Crippen molar-refractivity contribution in [2.75, 3.05) is 13.7 Å². The number of aliphatic hydroxyl groups excluding tert-OH is 2. The van der Waals surface area contributed by atoms with E-state index in [0.717, 1.165) is 0 Å². The first-order valence-corrected chi connectivity index (χ1v) is 10.4. The standard InChI is InChI=1S/C24H28FNO7/c1-13(27)26-12-19(28)17-9-8-16(11-18(17)14-6-5-7-15(25)10-14)32-23-21(30)20(29)22(31-4)24(2,3)33-23/h5-11,20-23,29-30H,12H2,1-4H3,(H,26,27)/t20-,21+,22+,23+/m0/s1. The van der Waals surface area contributed by atoms with Crippen molar-refractivity contribution in [3.05, 3.63) is 53.8 Å². The van der Waals surface area contributed by atoms with Crippen molar-refractivity contribution >= 4 is 11.7 Å². The Bertz CT molecular complexity index is 1030. The molecule has 178 valence electrons. The van der Waals surface area contributed by atoms with Gasteiger partial charge in [-0.3, -0.25) is 9.59 Å². The van der Waals surface area contributed by atoms with Gasteiger partial charge in [-0.25, -0.2) is 4.39 Å². The van der Waals surface area contributed by atoms with Crippen LogP contribution in [0.5, 0.6) is 5.75 Å². The van der Waals surface area contributed by atoms with Gasteiger partial charge in [0.05, 0.1) is 12.1 Å². The SMILES string of the molecule is CO[C@@H]1[C@@H](O)[C@@H](O)[C@H](Oc2ccc(C(=O)CNC(C)=O)c(-c3cccc(F)c3)c2)OC1(C)C. The molecule has 3 rings (SSSR count). The number of ketones is 1. The lowest BCUT2D eigenvalue weighted by molar-refractivity contribution is -0.305. The molecule has 0 aliphatic carbocycles. The number of hydrogen-bond donors (Lipinski definition) is 3. The molecule has 0 bridgehead atoms. The Kier molecular flexibility index (Phi) is 7.48. The Labute approximate surface area is 191 Å². The molecule has 0 unspecified atom stereocenters. The second-order valence-electron chi connectivity index (χ2n) is 8.40. The summed E-state index contributed by atoms with van der Waals surface area (Å²) in [7, 11) is 1.41. The molecule has 0 spiro atoms. The van der Waals surface area contributed by atoms with E-state index in [4.69, 9.17) is 14.2 Å². The lowest BCUT2D eigenvalue weighted by Crippen LogP contribution is -2.63. The van der Waals surface area contributed by atoms with Gasteiger partial charge in [0, 0.05) is 19.6 Å². The molecule has 1 amide bonds. The molecule has 4 atom stereocenters. The van der Waals surface area contributed by atoms with Gasteiger partial charge in [-0.15, -0.1) is 0 Å². The maximum atomic E-state index is 13.9. The van der Waals surface area contributed by atoms with Crippen LogP contribution in [0.1, 0.15) is 31.1 Å². The fraction of sp³-hybridized carbons (Fsp3) is 0.417. The molecule has 3 N–H and O–H groups in total. The van der Waals surface area contributed by atoms with E-state index in [9.17, 15) is 24.2 Å². The molecule has 1 aliphatic rings. The molecule has 9 heteroatoms. The van der Waals surface area contributed by atoms with E-state index in [1.165, 1.54) is 50.4 Å². The quantitative estimate of drug-likeness (QED) is 0.541. The van der Waals surface area contributed by atoms with Crippen molar-refractivity contribution in [1.29, 1.82) is 0 Å². The van der Waals surface area contributed by atoms with Gasteiger partial charge in [-0.2, -0.15) is 0 Å². The van der Waals surface area contributed by atoms with Gasteiger partial charge < -0.3 is 29.7 Å². The molecule has 0 aromatic heterocycles. The highest BCUT2D eigenvalue weighted by molar-refractivity contribution is 6.04. The van der Waals surface area contributed by atoms with Gasteiger partial charge in [0.2, 0.25) is 12.2 Å². The van der Waals surface area contributed by atoms with E-state index >= 15 is 0 Å². The zero-order chi connectivity index (χ0) is 24.3. The van der Waals surface area contributed by atoms with Crippen LogP contribution in [0.4, 0.5) is 4.39 Å². The Morgan fingerprint density at radius 1 is 1.15 bits per heavy atom. The molecule has 2 aromatic rings. The van der Waals surface area contributed by atoms with E-state index in [-0.39, 0.29) is 29.5 Å². The predicted molar refractivity (Wildman–Crippen MR) is 117 cm³/mol. The lowest BCUT2D eigenvalue weighted by atomic mass is 9.89. The van der Waals surface area contributed by atoms with Crippen LogP contribution in [0, 0.1) is 5.82 Å². The van der Waals surface area contributed by atoms with Gasteiger partial charge in [-0.1, -0.05) is 12.1 Å². The number of Topliss-reactive ketones (excluding diaryl/α,β-unsaturated/α-hetero) is 1. The average molecular weight is 461 g/mol. The number of halogens is 1. The van der Waals surface area contributed by atoms with E-state index in [2.05, 4.69) is 5.32 Å². The molecule has 1 aliphatic heterocycles. The molecule has 8 nitrogen and oxygen atoms in total. The van der Waals surface area contributed by atoms with E-state index in [1.54, 1.807) is 19.9 Å². The second-order valence-corrected chi connectivity index (χ2v) is 8.40. The highest BCUT2D eigenvalue weighted by Gasteiger charge is 2.50. The number of rotatable bonds is 7. The Balaban J connectivity index is 1.94. The van der Waals surface area contributed by atoms with Gasteiger partial charge >= 0.3 is 0 Å². The highest BCUT2D eigenvalue weighted by Crippen LogP contribution is 2.34. The largest absolute Gasteiger partial charge is 0.462 e. The van der Waals surface area contributed by atoms with Crippen molar-refractivity contribution in [2.45, 2.75) is 51.0 Å². The molecular formula is C24H28FNO7. The summed E-state index contributed by atoms with van der Waals surface area (Å²) < 4.78 is 30.8. The van der Waals surface area contributed by atoms with Gasteiger partial charge in [-0.05, 0) is 55.3 Å². The number of carbonyl (C=O) groups excluding carboxylic acids is 2. The third-order valence-electron chi connectivity index (χ3n) is 5.48. The minimum Gasteiger partial charge on any atom is -0.462 e. The minimum absolute atomic E-state index is 0.221. The number of carbonyl (C=O) groups is 2. The van der Waals surface area contributed by atoms with Gasteiger partial charge in [0.1, 0.15) is 29.9 Å². The van der Waals surface area contributed by atoms with Gasteiger partial charge in [0.25, 0.3) is 0 Å². The first kappa shape index (κ1) is 24.8. The van der Waals surface area contributed by atoms with Crippen molar-refractivity contribution in [1.82, 2.24) is 5.32 Å².